The van der Waals surface area contributed by atoms with Crippen molar-refractivity contribution in [3.63, 3.8) is 0 Å². The fourth-order valence-electron chi connectivity index (χ4n) is 2.46. The van der Waals surface area contributed by atoms with Crippen LogP contribution in [0, 0.1) is 0 Å². The van der Waals surface area contributed by atoms with Crippen molar-refractivity contribution in [3.8, 4) is 0 Å². The van der Waals surface area contributed by atoms with Crippen LogP contribution in [0.5, 0.6) is 0 Å². The van der Waals surface area contributed by atoms with E-state index >= 15 is 0 Å². The van der Waals surface area contributed by atoms with Gasteiger partial charge < -0.3 is 5.73 Å². The minimum absolute atomic E-state index is 0.261. The summed E-state index contributed by atoms with van der Waals surface area (Å²) in [6.07, 6.45) is 4.75. The highest BCUT2D eigenvalue weighted by atomic mass is 14.6. The van der Waals surface area contributed by atoms with E-state index in [1.807, 2.05) is 0 Å². The van der Waals surface area contributed by atoms with Gasteiger partial charge in [-0.1, -0.05) is 39.0 Å². The second-order valence-electron chi connectivity index (χ2n) is 5.65. The van der Waals surface area contributed by atoms with Crippen molar-refractivity contribution in [3.05, 3.63) is 34.9 Å². The maximum Gasteiger partial charge on any atom is 0.0297 e. The minimum Gasteiger partial charge on any atom is -0.324 e. The maximum atomic E-state index is 6.20. The molecule has 0 heterocycles. The summed E-state index contributed by atoms with van der Waals surface area (Å²) in [5, 5.41) is 0. The molecule has 16 heavy (non-hydrogen) atoms. The molecule has 0 fully saturated rings. The minimum atomic E-state index is 0.261. The normalized spacial score (nSPS) is 20.6. The molecule has 2 rings (SSSR count). The second-order valence-corrected chi connectivity index (χ2v) is 5.65. The first-order valence-corrected chi connectivity index (χ1v) is 6.43. The molecule has 0 radical (unpaired) electrons. The van der Waals surface area contributed by atoms with E-state index in [9.17, 15) is 0 Å². The topological polar surface area (TPSA) is 26.0 Å². The second kappa shape index (κ2) is 4.21. The standard InChI is InChI=1S/C15H23N/c1-4-15(2,3)12-9-8-11-6-5-7-14(16)13(11)10-12/h8-10,14H,4-7,16H2,1-3H3/t14-/m1/s1. The third-order valence-corrected chi connectivity index (χ3v) is 4.17. The zero-order valence-corrected chi connectivity index (χ0v) is 10.7. The van der Waals surface area contributed by atoms with Gasteiger partial charge >= 0.3 is 0 Å². The lowest BCUT2D eigenvalue weighted by molar-refractivity contribution is 0.501. The lowest BCUT2D eigenvalue weighted by Crippen LogP contribution is -2.21. The summed E-state index contributed by atoms with van der Waals surface area (Å²) >= 11 is 0. The number of hydrogen-bond donors (Lipinski definition) is 1. The van der Waals surface area contributed by atoms with E-state index in [4.69, 9.17) is 5.73 Å². The van der Waals surface area contributed by atoms with Gasteiger partial charge in [-0.3, -0.25) is 0 Å². The van der Waals surface area contributed by atoms with Gasteiger partial charge in [-0.05, 0) is 47.8 Å². The zero-order chi connectivity index (χ0) is 11.8. The number of benzene rings is 1. The Bertz CT molecular complexity index is 379. The fraction of sp³-hybridized carbons (Fsp3) is 0.600. The molecule has 1 nitrogen and oxygen atoms in total. The number of aryl methyl sites for hydroxylation is 1. The molecule has 0 bridgehead atoms. The summed E-state index contributed by atoms with van der Waals surface area (Å²) in [6, 6.07) is 7.20. The predicted molar refractivity (Wildman–Crippen MR) is 69.6 cm³/mol. The predicted octanol–water partition coefficient (Wildman–Crippen LogP) is 3.71. The Morgan fingerprint density at radius 1 is 1.38 bits per heavy atom. The Kier molecular flexibility index (Phi) is 3.07. The average Bonchev–Trinajstić information content (AvgIpc) is 2.29. The number of fused-ring (bicyclic) bond motifs is 1. The number of hydrogen-bond acceptors (Lipinski definition) is 1. The number of nitrogens with two attached hydrogens (primary N) is 1. The van der Waals surface area contributed by atoms with Gasteiger partial charge in [-0.15, -0.1) is 0 Å². The van der Waals surface area contributed by atoms with Crippen LogP contribution >= 0.6 is 0 Å². The summed E-state index contributed by atoms with van der Waals surface area (Å²) in [6.45, 7) is 6.87. The lowest BCUT2D eigenvalue weighted by Gasteiger charge is -2.28. The van der Waals surface area contributed by atoms with Crippen LogP contribution in [0.1, 0.15) is 62.8 Å². The third kappa shape index (κ3) is 2.01. The van der Waals surface area contributed by atoms with Crippen LogP contribution < -0.4 is 5.73 Å². The van der Waals surface area contributed by atoms with Crippen LogP contribution in [-0.4, -0.2) is 0 Å². The zero-order valence-electron chi connectivity index (χ0n) is 10.7. The van der Waals surface area contributed by atoms with Crippen LogP contribution in [0.4, 0.5) is 0 Å². The Balaban J connectivity index is 2.41. The molecular weight excluding hydrogens is 194 g/mol. The van der Waals surface area contributed by atoms with Crippen molar-refractivity contribution in [2.75, 3.05) is 0 Å². The molecule has 1 atom stereocenters. The van der Waals surface area contributed by atoms with Crippen molar-refractivity contribution >= 4 is 0 Å². The largest absolute Gasteiger partial charge is 0.324 e. The van der Waals surface area contributed by atoms with Crippen LogP contribution in [0.15, 0.2) is 18.2 Å². The highest BCUT2D eigenvalue weighted by Crippen LogP contribution is 2.33. The summed E-state index contributed by atoms with van der Waals surface area (Å²) in [5.74, 6) is 0. The van der Waals surface area contributed by atoms with Crippen LogP contribution in [-0.2, 0) is 11.8 Å². The van der Waals surface area contributed by atoms with Gasteiger partial charge in [0.15, 0.2) is 0 Å². The molecule has 1 heteroatoms. The lowest BCUT2D eigenvalue weighted by atomic mass is 9.78. The number of rotatable bonds is 2. The Morgan fingerprint density at radius 2 is 2.12 bits per heavy atom. The molecule has 0 aliphatic heterocycles. The highest BCUT2D eigenvalue weighted by Gasteiger charge is 2.22. The van der Waals surface area contributed by atoms with Gasteiger partial charge in [0.05, 0.1) is 0 Å². The molecule has 0 aromatic heterocycles. The maximum absolute atomic E-state index is 6.20. The first-order valence-electron chi connectivity index (χ1n) is 6.43. The van der Waals surface area contributed by atoms with Gasteiger partial charge in [0.25, 0.3) is 0 Å². The molecule has 0 spiro atoms. The van der Waals surface area contributed by atoms with E-state index in [2.05, 4.69) is 39.0 Å². The van der Waals surface area contributed by atoms with Gasteiger partial charge in [0, 0.05) is 6.04 Å². The van der Waals surface area contributed by atoms with Crippen molar-refractivity contribution < 1.29 is 0 Å². The molecule has 0 unspecified atom stereocenters. The molecule has 0 amide bonds. The first kappa shape index (κ1) is 11.7. The Morgan fingerprint density at radius 3 is 2.81 bits per heavy atom. The van der Waals surface area contributed by atoms with E-state index in [-0.39, 0.29) is 11.5 Å². The summed E-state index contributed by atoms with van der Waals surface area (Å²) in [4.78, 5) is 0. The molecule has 2 N–H and O–H groups in total. The van der Waals surface area contributed by atoms with Gasteiger partial charge in [-0.25, -0.2) is 0 Å². The van der Waals surface area contributed by atoms with Gasteiger partial charge in [0.1, 0.15) is 0 Å². The summed E-state index contributed by atoms with van der Waals surface area (Å²) < 4.78 is 0. The van der Waals surface area contributed by atoms with E-state index < -0.39 is 0 Å². The summed E-state index contributed by atoms with van der Waals surface area (Å²) in [5.41, 5.74) is 10.8. The SMILES string of the molecule is CCC(C)(C)c1ccc2c(c1)[C@H](N)CCC2. The molecule has 1 aromatic rings. The molecule has 0 saturated heterocycles. The van der Waals surface area contributed by atoms with Crippen molar-refractivity contribution in [2.45, 2.75) is 57.9 Å². The molecule has 0 saturated carbocycles. The quantitative estimate of drug-likeness (QED) is 0.803. The molecular formula is C15H23N. The third-order valence-electron chi connectivity index (χ3n) is 4.17. The van der Waals surface area contributed by atoms with E-state index in [1.165, 1.54) is 36.0 Å². The smallest absolute Gasteiger partial charge is 0.0297 e. The van der Waals surface area contributed by atoms with E-state index in [1.54, 1.807) is 0 Å². The van der Waals surface area contributed by atoms with E-state index in [0.29, 0.717) is 0 Å². The highest BCUT2D eigenvalue weighted by molar-refractivity contribution is 5.38. The Hall–Kier alpha value is -0.820. The fourth-order valence-corrected chi connectivity index (χ4v) is 2.46. The molecule has 1 aromatic carbocycles. The molecule has 1 aliphatic carbocycles. The molecule has 1 aliphatic rings. The summed E-state index contributed by atoms with van der Waals surface area (Å²) in [7, 11) is 0. The van der Waals surface area contributed by atoms with Crippen LogP contribution in [0.2, 0.25) is 0 Å². The van der Waals surface area contributed by atoms with E-state index in [0.717, 1.165) is 6.42 Å². The monoisotopic (exact) mass is 217 g/mol. The Labute approximate surface area is 99.0 Å². The average molecular weight is 217 g/mol. The van der Waals surface area contributed by atoms with Gasteiger partial charge in [-0.2, -0.15) is 0 Å². The van der Waals surface area contributed by atoms with Crippen LogP contribution in [0.3, 0.4) is 0 Å². The van der Waals surface area contributed by atoms with Gasteiger partial charge in [0.2, 0.25) is 0 Å². The molecule has 88 valence electrons. The van der Waals surface area contributed by atoms with Crippen molar-refractivity contribution in [1.29, 1.82) is 0 Å². The van der Waals surface area contributed by atoms with Crippen molar-refractivity contribution in [2.24, 2.45) is 5.73 Å². The van der Waals surface area contributed by atoms with Crippen LogP contribution in [0.25, 0.3) is 0 Å². The first-order chi connectivity index (χ1) is 7.54. The van der Waals surface area contributed by atoms with Crippen molar-refractivity contribution in [1.82, 2.24) is 0 Å².